The smallest absolute Gasteiger partial charge is 0.212 e. The molecule has 0 bridgehead atoms. The first-order valence-electron chi connectivity index (χ1n) is 39.7. The third-order valence-electron chi connectivity index (χ3n) is 23.8. The monoisotopic (exact) mass is 1530 g/mol. The second kappa shape index (κ2) is 27.3. The Morgan fingerprint density at radius 3 is 1.11 bits per heavy atom. The van der Waals surface area contributed by atoms with E-state index in [0.29, 0.717) is 45.3 Å². The van der Waals surface area contributed by atoms with E-state index in [1.165, 1.54) is 0 Å². The quantitative estimate of drug-likeness (QED) is 0.126. The van der Waals surface area contributed by atoms with Gasteiger partial charge in [0.1, 0.15) is 34.5 Å². The van der Waals surface area contributed by atoms with Crippen molar-refractivity contribution >= 4 is 198 Å². The Balaban J connectivity index is 0.000000140. The molecule has 18 aromatic carbocycles. The number of aromatic nitrogens is 4. The largest absolute Gasteiger partial charge is 0.456 e. The number of nitrogens with zero attached hydrogens (tertiary/aromatic N) is 10. The molecule has 24 rings (SSSR count). The normalized spacial score (nSPS) is 11.6. The van der Waals surface area contributed by atoms with Crippen molar-refractivity contribution in [2.45, 2.75) is 0 Å². The molecule has 0 saturated heterocycles. The number of anilines is 6. The molecule has 6 aromatic heterocycles. The van der Waals surface area contributed by atoms with Gasteiger partial charge in [-0.15, -0.1) is 0 Å². The SMILES string of the molecule is [C-]#[N+]c1cc(-n2c3ccc(N(c4ccccc4)c4ccccc4)cc3c3c4ccccc4ccc32)c(C#N)cc1-n1c2ccccc2c2c3oc4ccccc4c3ccc21.[C-]#[N+]c1cc(-n2c3ccc(N(c4ccccc4)c4ccccc4)cc3c3c4ccccc4ccc32)c(C#N)cc1-n1c2ccccc2c2cc3c(cc21)oc1ccccc13. The summed E-state index contributed by atoms with van der Waals surface area (Å²) in [5.41, 5.74) is 21.3. The lowest BCUT2D eigenvalue weighted by Gasteiger charge is -2.25. The van der Waals surface area contributed by atoms with Gasteiger partial charge in [-0.25, -0.2) is 9.69 Å². The molecule has 0 aliphatic heterocycles. The van der Waals surface area contributed by atoms with Gasteiger partial charge in [-0.3, -0.25) is 0 Å². The molecule has 120 heavy (non-hydrogen) atoms. The predicted molar refractivity (Wildman–Crippen MR) is 491 cm³/mol. The molecule has 0 atom stereocenters. The van der Waals surface area contributed by atoms with Gasteiger partial charge < -0.3 is 36.9 Å². The van der Waals surface area contributed by atoms with Crippen LogP contribution in [0.2, 0.25) is 0 Å². The number of nitriles is 2. The zero-order valence-corrected chi connectivity index (χ0v) is 64.1. The lowest BCUT2D eigenvalue weighted by molar-refractivity contribution is 0.669. The molecule has 0 saturated carbocycles. The van der Waals surface area contributed by atoms with Crippen molar-refractivity contribution < 1.29 is 8.83 Å². The Kier molecular flexibility index (Phi) is 15.6. The van der Waals surface area contributed by atoms with Crippen LogP contribution in [-0.2, 0) is 0 Å². The Morgan fingerprint density at radius 2 is 0.617 bits per heavy atom. The van der Waals surface area contributed by atoms with Crippen molar-refractivity contribution in [2.24, 2.45) is 0 Å². The summed E-state index contributed by atoms with van der Waals surface area (Å²) in [6.45, 7) is 17.3. The molecule has 0 fully saturated rings. The molecular formula is C108H62N10O2. The van der Waals surface area contributed by atoms with Gasteiger partial charge in [-0.2, -0.15) is 10.5 Å². The molecule has 24 aromatic rings. The van der Waals surface area contributed by atoms with Gasteiger partial charge in [0.2, 0.25) is 11.4 Å². The van der Waals surface area contributed by atoms with E-state index >= 15 is 0 Å². The van der Waals surface area contributed by atoms with Crippen LogP contribution in [0.15, 0.2) is 385 Å². The molecule has 0 N–H and O–H groups in total. The molecule has 0 spiro atoms. The molecule has 0 radical (unpaired) electrons. The average Bonchev–Trinajstić information content (AvgIpc) is 1.57. The second-order valence-corrected chi connectivity index (χ2v) is 30.2. The third-order valence-corrected chi connectivity index (χ3v) is 23.8. The number of furan rings is 2. The van der Waals surface area contributed by atoms with Crippen LogP contribution in [0.25, 0.3) is 185 Å². The fourth-order valence-corrected chi connectivity index (χ4v) is 18.7. The Hall–Kier alpha value is -17.2. The van der Waals surface area contributed by atoms with Crippen LogP contribution < -0.4 is 9.80 Å². The van der Waals surface area contributed by atoms with Crippen molar-refractivity contribution in [3.05, 3.63) is 410 Å². The zero-order chi connectivity index (χ0) is 79.8. The van der Waals surface area contributed by atoms with Gasteiger partial charge in [0.25, 0.3) is 0 Å². The molecule has 556 valence electrons. The van der Waals surface area contributed by atoms with Crippen molar-refractivity contribution in [2.75, 3.05) is 9.80 Å². The van der Waals surface area contributed by atoms with Crippen LogP contribution in [0.1, 0.15) is 11.1 Å². The number of hydrogen-bond acceptors (Lipinski definition) is 6. The third kappa shape index (κ3) is 10.5. The van der Waals surface area contributed by atoms with Gasteiger partial charge in [-0.05, 0) is 185 Å². The summed E-state index contributed by atoms with van der Waals surface area (Å²) in [6.07, 6.45) is 0. The summed E-state index contributed by atoms with van der Waals surface area (Å²) in [5.74, 6) is 0. The molecule has 0 aliphatic rings. The molecule has 0 aliphatic carbocycles. The Labute approximate surface area is 686 Å². The highest BCUT2D eigenvalue weighted by Gasteiger charge is 2.28. The molecule has 0 amide bonds. The van der Waals surface area contributed by atoms with Crippen LogP contribution in [0.5, 0.6) is 0 Å². The fourth-order valence-electron chi connectivity index (χ4n) is 18.7. The van der Waals surface area contributed by atoms with Gasteiger partial charge in [0.15, 0.2) is 0 Å². The van der Waals surface area contributed by atoms with E-state index in [0.717, 1.165) is 187 Å². The Bertz CT molecular complexity index is 8200. The van der Waals surface area contributed by atoms with E-state index in [4.69, 9.17) is 22.0 Å². The average molecular weight is 1530 g/mol. The van der Waals surface area contributed by atoms with Crippen LogP contribution in [0.4, 0.5) is 45.5 Å². The molecule has 12 heteroatoms. The highest BCUT2D eigenvalue weighted by Crippen LogP contribution is 2.50. The highest BCUT2D eigenvalue weighted by atomic mass is 16.3. The highest BCUT2D eigenvalue weighted by molar-refractivity contribution is 6.26. The van der Waals surface area contributed by atoms with Crippen LogP contribution in [0, 0.1) is 35.8 Å². The van der Waals surface area contributed by atoms with Crippen molar-refractivity contribution in [3.63, 3.8) is 0 Å². The maximum absolute atomic E-state index is 11.1. The molecular weight excluding hydrogens is 1470 g/mol. The van der Waals surface area contributed by atoms with E-state index in [9.17, 15) is 10.5 Å². The number of para-hydroxylation sites is 8. The van der Waals surface area contributed by atoms with Crippen molar-refractivity contribution in [1.82, 2.24) is 18.3 Å². The van der Waals surface area contributed by atoms with Crippen LogP contribution >= 0.6 is 0 Å². The summed E-state index contributed by atoms with van der Waals surface area (Å²) in [7, 11) is 0. The number of fused-ring (bicyclic) bond motifs is 23. The fraction of sp³-hybridized carbons (Fsp3) is 0. The van der Waals surface area contributed by atoms with E-state index < -0.39 is 0 Å². The van der Waals surface area contributed by atoms with Crippen molar-refractivity contribution in [3.8, 4) is 34.9 Å². The summed E-state index contributed by atoms with van der Waals surface area (Å²) in [4.78, 5) is 12.9. The summed E-state index contributed by atoms with van der Waals surface area (Å²) in [5, 5.41) is 39.2. The number of benzene rings is 18. The van der Waals surface area contributed by atoms with Crippen molar-refractivity contribution in [1.29, 1.82) is 10.5 Å². The lowest BCUT2D eigenvalue weighted by atomic mass is 10.0. The molecule has 6 heterocycles. The van der Waals surface area contributed by atoms with Gasteiger partial charge in [0, 0.05) is 99.4 Å². The van der Waals surface area contributed by atoms with Gasteiger partial charge >= 0.3 is 0 Å². The first-order chi connectivity index (χ1) is 59.4. The maximum atomic E-state index is 11.1. The molecule has 12 nitrogen and oxygen atoms in total. The van der Waals surface area contributed by atoms with Crippen LogP contribution in [-0.4, -0.2) is 18.3 Å². The summed E-state index contributed by atoms with van der Waals surface area (Å²) in [6, 6.07) is 134. The zero-order valence-electron chi connectivity index (χ0n) is 64.1. The minimum Gasteiger partial charge on any atom is -0.456 e. The van der Waals surface area contributed by atoms with E-state index in [2.05, 4.69) is 317 Å². The minimum absolute atomic E-state index is 0.433. The number of hydrogen-bond donors (Lipinski definition) is 0. The lowest BCUT2D eigenvalue weighted by Crippen LogP contribution is -2.09. The maximum Gasteiger partial charge on any atom is 0.212 e. The summed E-state index contributed by atoms with van der Waals surface area (Å²) < 4.78 is 21.5. The minimum atomic E-state index is 0.433. The number of rotatable bonds is 10. The van der Waals surface area contributed by atoms with Crippen LogP contribution in [0.3, 0.4) is 0 Å². The standard InChI is InChI=1S/2C54H31N5O/c1-56-44-32-49(35(33-55)30-50(44)59-45-22-12-10-21-42(45)53-48(59)29-26-41-40-20-11-13-23-51(40)60-54(41)53)58-46-28-25-38(57(36-15-4-2-5-16-36)37-17-6-3-7-18-37)31-43(46)52-39-19-9-8-14-34(39)24-27-47(52)58;1-56-45-31-49(35(33-55)28-51(45)59-46-22-12-10-20-40(46)42-30-43-41-21-11-13-23-52(41)60-53(43)32-50(42)59)58-47-27-25-38(57(36-15-4-2-5-16-36)37-17-6-3-7-18-37)29-44(47)54-39-19-9-8-14-34(39)24-26-48(54)58/h2*2-32H. The van der Waals surface area contributed by atoms with Gasteiger partial charge in [-0.1, -0.05) is 206 Å². The second-order valence-electron chi connectivity index (χ2n) is 30.2. The van der Waals surface area contributed by atoms with E-state index in [1.54, 1.807) is 0 Å². The summed E-state index contributed by atoms with van der Waals surface area (Å²) >= 11 is 0. The molecule has 0 unspecified atom stereocenters. The first-order valence-corrected chi connectivity index (χ1v) is 39.7. The van der Waals surface area contributed by atoms with E-state index in [-0.39, 0.29) is 0 Å². The Morgan fingerprint density at radius 1 is 0.242 bits per heavy atom. The first kappa shape index (κ1) is 68.4. The predicted octanol–water partition coefficient (Wildman–Crippen LogP) is 29.7. The topological polar surface area (TPSA) is 109 Å². The van der Waals surface area contributed by atoms with E-state index in [1.807, 2.05) is 109 Å². The van der Waals surface area contributed by atoms with Gasteiger partial charge in [0.05, 0.1) is 96.5 Å².